The van der Waals surface area contributed by atoms with Crippen LogP contribution in [-0.2, 0) is 9.59 Å². The summed E-state index contributed by atoms with van der Waals surface area (Å²) in [4.78, 5) is 25.6. The highest BCUT2D eigenvalue weighted by atomic mass is 19.1. The predicted octanol–water partition coefficient (Wildman–Crippen LogP) is 1.33. The van der Waals surface area contributed by atoms with Crippen molar-refractivity contribution in [1.29, 1.82) is 0 Å². The molecular weight excluding hydrogens is 287 g/mol. The quantitative estimate of drug-likeness (QED) is 0.893. The van der Waals surface area contributed by atoms with Crippen LogP contribution in [0.1, 0.15) is 19.8 Å². The molecule has 1 aliphatic heterocycles. The van der Waals surface area contributed by atoms with Gasteiger partial charge < -0.3 is 15.0 Å². The molecule has 118 valence electrons. The first-order valence-electron chi connectivity index (χ1n) is 7.50. The van der Waals surface area contributed by atoms with Crippen molar-refractivity contribution >= 4 is 11.8 Å². The Kier molecular flexibility index (Phi) is 4.00. The second-order valence-corrected chi connectivity index (χ2v) is 6.01. The Morgan fingerprint density at radius 2 is 2.18 bits per heavy atom. The predicted molar refractivity (Wildman–Crippen MR) is 77.7 cm³/mol. The van der Waals surface area contributed by atoms with Gasteiger partial charge in [0.15, 0.2) is 18.2 Å². The van der Waals surface area contributed by atoms with Crippen molar-refractivity contribution < 1.29 is 18.7 Å². The van der Waals surface area contributed by atoms with E-state index in [-0.39, 0.29) is 30.2 Å². The lowest BCUT2D eigenvalue weighted by Gasteiger charge is -2.17. The Balaban J connectivity index is 1.46. The molecule has 1 aromatic carbocycles. The number of para-hydroxylation sites is 1. The lowest BCUT2D eigenvalue weighted by molar-refractivity contribution is -0.128. The second kappa shape index (κ2) is 5.94. The molecule has 0 radical (unpaired) electrons. The Hall–Kier alpha value is -2.11. The number of carbonyl (C=O) groups excluding carboxylic acids is 2. The molecule has 1 aromatic rings. The number of nitrogens with zero attached hydrogens (tertiary/aromatic N) is 1. The van der Waals surface area contributed by atoms with E-state index >= 15 is 0 Å². The molecule has 3 atom stereocenters. The van der Waals surface area contributed by atoms with E-state index in [2.05, 4.69) is 12.2 Å². The van der Waals surface area contributed by atoms with Crippen molar-refractivity contribution in [2.24, 2.45) is 5.92 Å². The number of rotatable bonds is 5. The smallest absolute Gasteiger partial charge is 0.258 e. The standard InChI is InChI=1S/C16H19FN2O3/c1-10-6-13(10)19-8-11(7-16(19)21)18-15(20)9-22-14-5-3-2-4-12(14)17/h2-5,10-11,13H,6-9H2,1H3,(H,18,20)/t10-,11-,13-/m0/s1. The molecule has 0 spiro atoms. The Morgan fingerprint density at radius 1 is 1.45 bits per heavy atom. The van der Waals surface area contributed by atoms with Crippen LogP contribution >= 0.6 is 0 Å². The highest BCUT2D eigenvalue weighted by Crippen LogP contribution is 2.37. The molecule has 3 rings (SSSR count). The third-order valence-electron chi connectivity index (χ3n) is 4.19. The average molecular weight is 306 g/mol. The number of hydrogen-bond acceptors (Lipinski definition) is 3. The van der Waals surface area contributed by atoms with E-state index in [9.17, 15) is 14.0 Å². The van der Waals surface area contributed by atoms with Crippen LogP contribution in [0.2, 0.25) is 0 Å². The molecule has 5 nitrogen and oxygen atoms in total. The van der Waals surface area contributed by atoms with Crippen molar-refractivity contribution in [2.45, 2.75) is 31.8 Å². The lowest BCUT2D eigenvalue weighted by Crippen LogP contribution is -2.40. The molecular formula is C16H19FN2O3. The Morgan fingerprint density at radius 3 is 2.86 bits per heavy atom. The van der Waals surface area contributed by atoms with Crippen LogP contribution in [0.5, 0.6) is 5.75 Å². The lowest BCUT2D eigenvalue weighted by atomic mass is 10.2. The van der Waals surface area contributed by atoms with Gasteiger partial charge >= 0.3 is 0 Å². The Labute approximate surface area is 128 Å². The second-order valence-electron chi connectivity index (χ2n) is 6.01. The first-order chi connectivity index (χ1) is 10.5. The van der Waals surface area contributed by atoms with Gasteiger partial charge in [0.1, 0.15) is 0 Å². The largest absolute Gasteiger partial charge is 0.481 e. The van der Waals surface area contributed by atoms with E-state index in [1.807, 2.05) is 4.90 Å². The van der Waals surface area contributed by atoms with E-state index in [0.717, 1.165) is 6.42 Å². The van der Waals surface area contributed by atoms with Gasteiger partial charge in [-0.3, -0.25) is 9.59 Å². The van der Waals surface area contributed by atoms with Gasteiger partial charge in [-0.15, -0.1) is 0 Å². The van der Waals surface area contributed by atoms with Crippen LogP contribution < -0.4 is 10.1 Å². The minimum absolute atomic E-state index is 0.0496. The maximum absolute atomic E-state index is 13.4. The summed E-state index contributed by atoms with van der Waals surface area (Å²) in [6.45, 7) is 2.41. The van der Waals surface area contributed by atoms with Gasteiger partial charge in [0.2, 0.25) is 5.91 Å². The van der Waals surface area contributed by atoms with Gasteiger partial charge in [-0.25, -0.2) is 4.39 Å². The number of likely N-dealkylation sites (tertiary alicyclic amines) is 1. The fraction of sp³-hybridized carbons (Fsp3) is 0.500. The van der Waals surface area contributed by atoms with Crippen LogP contribution in [-0.4, -0.2) is 41.9 Å². The molecule has 1 heterocycles. The third kappa shape index (κ3) is 3.21. The first-order valence-corrected chi connectivity index (χ1v) is 7.50. The third-order valence-corrected chi connectivity index (χ3v) is 4.19. The molecule has 1 N–H and O–H groups in total. The van der Waals surface area contributed by atoms with Gasteiger partial charge in [-0.2, -0.15) is 0 Å². The van der Waals surface area contributed by atoms with Crippen LogP contribution in [0.3, 0.4) is 0 Å². The first kappa shape index (κ1) is 14.8. The summed E-state index contributed by atoms with van der Waals surface area (Å²) < 4.78 is 18.5. The van der Waals surface area contributed by atoms with Crippen molar-refractivity contribution in [1.82, 2.24) is 10.2 Å². The number of carbonyl (C=O) groups is 2. The molecule has 1 aliphatic carbocycles. The van der Waals surface area contributed by atoms with E-state index in [1.54, 1.807) is 12.1 Å². The van der Waals surface area contributed by atoms with Crippen LogP contribution in [0.25, 0.3) is 0 Å². The van der Waals surface area contributed by atoms with Crippen molar-refractivity contribution in [3.8, 4) is 5.75 Å². The summed E-state index contributed by atoms with van der Waals surface area (Å²) in [5.74, 6) is -0.141. The zero-order valence-corrected chi connectivity index (χ0v) is 12.4. The number of ether oxygens (including phenoxy) is 1. The average Bonchev–Trinajstić information content (AvgIpc) is 3.09. The molecule has 1 saturated heterocycles. The normalized spacial score (nSPS) is 26.9. The van der Waals surface area contributed by atoms with Crippen molar-refractivity contribution in [3.63, 3.8) is 0 Å². The SMILES string of the molecule is C[C@H]1C[C@@H]1N1C[C@@H](NC(=O)COc2ccccc2F)CC1=O. The summed E-state index contributed by atoms with van der Waals surface area (Å²) >= 11 is 0. The van der Waals surface area contributed by atoms with Gasteiger partial charge in [0.25, 0.3) is 5.91 Å². The number of nitrogens with one attached hydrogen (secondary N) is 1. The fourth-order valence-electron chi connectivity index (χ4n) is 2.86. The van der Waals surface area contributed by atoms with E-state index in [0.29, 0.717) is 24.9 Å². The van der Waals surface area contributed by atoms with Gasteiger partial charge in [0.05, 0.1) is 6.04 Å². The van der Waals surface area contributed by atoms with E-state index in [4.69, 9.17) is 4.74 Å². The molecule has 1 saturated carbocycles. The highest BCUT2D eigenvalue weighted by Gasteiger charge is 2.44. The maximum Gasteiger partial charge on any atom is 0.258 e. The molecule has 0 aromatic heterocycles. The minimum Gasteiger partial charge on any atom is -0.481 e. The number of benzene rings is 1. The van der Waals surface area contributed by atoms with E-state index < -0.39 is 5.82 Å². The topological polar surface area (TPSA) is 58.6 Å². The summed E-state index contributed by atoms with van der Waals surface area (Å²) in [5.41, 5.74) is 0. The molecule has 2 fully saturated rings. The van der Waals surface area contributed by atoms with Crippen molar-refractivity contribution in [3.05, 3.63) is 30.1 Å². The van der Waals surface area contributed by atoms with Crippen LogP contribution in [0.15, 0.2) is 24.3 Å². The van der Waals surface area contributed by atoms with Gasteiger partial charge in [0, 0.05) is 19.0 Å². The molecule has 2 aliphatic rings. The zero-order chi connectivity index (χ0) is 15.7. The minimum atomic E-state index is -0.500. The summed E-state index contributed by atoms with van der Waals surface area (Å²) in [7, 11) is 0. The van der Waals surface area contributed by atoms with Crippen molar-refractivity contribution in [2.75, 3.05) is 13.2 Å². The fourth-order valence-corrected chi connectivity index (χ4v) is 2.86. The molecule has 22 heavy (non-hydrogen) atoms. The molecule has 0 unspecified atom stereocenters. The maximum atomic E-state index is 13.4. The van der Waals surface area contributed by atoms with E-state index in [1.165, 1.54) is 12.1 Å². The molecule has 0 bridgehead atoms. The summed E-state index contributed by atoms with van der Waals surface area (Å²) in [5, 5.41) is 2.78. The Bertz CT molecular complexity index is 593. The molecule has 6 heteroatoms. The number of halogens is 1. The zero-order valence-electron chi connectivity index (χ0n) is 12.4. The molecule has 2 amide bonds. The van der Waals surface area contributed by atoms with Crippen LogP contribution in [0.4, 0.5) is 4.39 Å². The van der Waals surface area contributed by atoms with Crippen LogP contribution in [0, 0.1) is 11.7 Å². The summed E-state index contributed by atoms with van der Waals surface area (Å²) in [6.07, 6.45) is 1.37. The highest BCUT2D eigenvalue weighted by molar-refractivity contribution is 5.83. The monoisotopic (exact) mass is 306 g/mol. The van der Waals surface area contributed by atoms with Gasteiger partial charge in [-0.05, 0) is 24.5 Å². The number of hydrogen-bond donors (Lipinski definition) is 1. The summed E-state index contributed by atoms with van der Waals surface area (Å²) in [6, 6.07) is 6.09. The number of amides is 2. The van der Waals surface area contributed by atoms with Gasteiger partial charge in [-0.1, -0.05) is 19.1 Å².